The van der Waals surface area contributed by atoms with Gasteiger partial charge < -0.3 is 5.32 Å². The van der Waals surface area contributed by atoms with Crippen molar-refractivity contribution in [3.05, 3.63) is 0 Å². The molecule has 0 saturated carbocycles. The molecule has 7 heteroatoms. The van der Waals surface area contributed by atoms with Crippen LogP contribution in [-0.2, 0) is 10.0 Å². The van der Waals surface area contributed by atoms with Crippen LogP contribution < -0.4 is 5.32 Å². The maximum Gasteiger partial charge on any atom is 0.350 e. The molecule has 1 fully saturated rings. The van der Waals surface area contributed by atoms with E-state index < -0.39 is 15.8 Å². The zero-order valence-corrected chi connectivity index (χ0v) is 9.43. The number of hydrogen-bond acceptors (Lipinski definition) is 3. The van der Waals surface area contributed by atoms with Gasteiger partial charge in [0.15, 0.2) is 0 Å². The van der Waals surface area contributed by atoms with E-state index >= 15 is 0 Å². The van der Waals surface area contributed by atoms with Crippen LogP contribution in [0.3, 0.4) is 0 Å². The summed E-state index contributed by atoms with van der Waals surface area (Å²) in [7, 11) is -2.73. The fourth-order valence-electron chi connectivity index (χ4n) is 1.85. The maximum absolute atomic E-state index is 12.4. The van der Waals surface area contributed by atoms with Crippen molar-refractivity contribution < 1.29 is 17.2 Å². The molecule has 0 aromatic rings. The van der Waals surface area contributed by atoms with Crippen molar-refractivity contribution >= 4 is 10.0 Å². The molecule has 1 N–H and O–H groups in total. The number of halogens is 2. The standard InChI is InChI=1S/C8H16F2N2O2S/c1-11-6-7-4-2-3-5-12(7)15(13,14)8(9)10/h7-8,11H,2-6H2,1H3. The molecule has 1 heterocycles. The van der Waals surface area contributed by atoms with E-state index in [9.17, 15) is 17.2 Å². The molecule has 0 amide bonds. The van der Waals surface area contributed by atoms with Crippen molar-refractivity contribution in [1.29, 1.82) is 0 Å². The summed E-state index contributed by atoms with van der Waals surface area (Å²) in [4.78, 5) is 0. The van der Waals surface area contributed by atoms with Crippen LogP contribution in [0.5, 0.6) is 0 Å². The van der Waals surface area contributed by atoms with Gasteiger partial charge in [0.2, 0.25) is 0 Å². The van der Waals surface area contributed by atoms with Crippen molar-refractivity contribution in [3.8, 4) is 0 Å². The molecule has 90 valence electrons. The summed E-state index contributed by atoms with van der Waals surface area (Å²) in [5.41, 5.74) is 0. The van der Waals surface area contributed by atoms with Crippen molar-refractivity contribution in [1.82, 2.24) is 9.62 Å². The topological polar surface area (TPSA) is 49.4 Å². The van der Waals surface area contributed by atoms with Gasteiger partial charge in [-0.1, -0.05) is 6.42 Å². The summed E-state index contributed by atoms with van der Waals surface area (Å²) < 4.78 is 48.3. The smallest absolute Gasteiger partial charge is 0.318 e. The summed E-state index contributed by atoms with van der Waals surface area (Å²) in [5.74, 6) is -3.31. The van der Waals surface area contributed by atoms with Crippen LogP contribution in [-0.4, -0.2) is 44.7 Å². The van der Waals surface area contributed by atoms with E-state index in [0.717, 1.165) is 10.7 Å². The lowest BCUT2D eigenvalue weighted by Crippen LogP contribution is -2.49. The molecule has 1 saturated heterocycles. The molecule has 4 nitrogen and oxygen atoms in total. The van der Waals surface area contributed by atoms with Gasteiger partial charge in [0, 0.05) is 19.1 Å². The van der Waals surface area contributed by atoms with E-state index in [1.165, 1.54) is 0 Å². The lowest BCUT2D eigenvalue weighted by Gasteiger charge is -2.34. The lowest BCUT2D eigenvalue weighted by atomic mass is 10.1. The van der Waals surface area contributed by atoms with Crippen LogP contribution in [0.25, 0.3) is 0 Å². The second kappa shape index (κ2) is 5.18. The van der Waals surface area contributed by atoms with Gasteiger partial charge in [0.1, 0.15) is 0 Å². The monoisotopic (exact) mass is 242 g/mol. The number of nitrogens with zero attached hydrogens (tertiary/aromatic N) is 1. The molecule has 0 aromatic heterocycles. The number of likely N-dealkylation sites (N-methyl/N-ethyl adjacent to an activating group) is 1. The fraction of sp³-hybridized carbons (Fsp3) is 1.00. The molecule has 0 aromatic carbocycles. The van der Waals surface area contributed by atoms with Crippen LogP contribution in [0.15, 0.2) is 0 Å². The van der Waals surface area contributed by atoms with E-state index in [4.69, 9.17) is 0 Å². The van der Waals surface area contributed by atoms with Gasteiger partial charge in [-0.05, 0) is 19.9 Å². The Bertz CT molecular complexity index is 293. The summed E-state index contributed by atoms with van der Waals surface area (Å²) >= 11 is 0. The van der Waals surface area contributed by atoms with Gasteiger partial charge in [0.25, 0.3) is 10.0 Å². The highest BCUT2D eigenvalue weighted by atomic mass is 32.2. The third-order valence-electron chi connectivity index (χ3n) is 2.56. The molecular formula is C8H16F2N2O2S. The van der Waals surface area contributed by atoms with Gasteiger partial charge in [0.05, 0.1) is 0 Å². The van der Waals surface area contributed by atoms with Gasteiger partial charge in [-0.2, -0.15) is 13.1 Å². The number of alkyl halides is 2. The minimum absolute atomic E-state index is 0.207. The van der Waals surface area contributed by atoms with E-state index in [0.29, 0.717) is 19.4 Å². The first-order valence-corrected chi connectivity index (χ1v) is 6.44. The average molecular weight is 242 g/mol. The Kier molecular flexibility index (Phi) is 4.42. The molecule has 1 unspecified atom stereocenters. The molecule has 1 aliphatic rings. The Balaban J connectivity index is 2.80. The highest BCUT2D eigenvalue weighted by Crippen LogP contribution is 2.23. The van der Waals surface area contributed by atoms with Gasteiger partial charge in [-0.15, -0.1) is 0 Å². The second-order valence-corrected chi connectivity index (χ2v) is 5.48. The van der Waals surface area contributed by atoms with Crippen LogP contribution in [0.2, 0.25) is 0 Å². The third kappa shape index (κ3) is 2.85. The predicted octanol–water partition coefficient (Wildman–Crippen LogP) is 0.613. The van der Waals surface area contributed by atoms with Crippen molar-refractivity contribution in [2.75, 3.05) is 20.1 Å². The number of nitrogens with one attached hydrogen (secondary N) is 1. The number of piperidine rings is 1. The number of sulfonamides is 1. The van der Waals surface area contributed by atoms with Crippen LogP contribution in [0, 0.1) is 0 Å². The molecule has 0 spiro atoms. The zero-order valence-electron chi connectivity index (χ0n) is 8.62. The van der Waals surface area contributed by atoms with Crippen LogP contribution in [0.4, 0.5) is 8.78 Å². The molecule has 1 rings (SSSR count). The molecule has 0 radical (unpaired) electrons. The van der Waals surface area contributed by atoms with Gasteiger partial charge >= 0.3 is 5.76 Å². The first-order chi connectivity index (χ1) is 7.00. The molecule has 15 heavy (non-hydrogen) atoms. The Morgan fingerprint density at radius 3 is 2.67 bits per heavy atom. The SMILES string of the molecule is CNCC1CCCCN1S(=O)(=O)C(F)F. The molecule has 1 atom stereocenters. The minimum atomic E-state index is -4.41. The summed E-state index contributed by atoms with van der Waals surface area (Å²) in [6.07, 6.45) is 2.19. The van der Waals surface area contributed by atoms with Crippen molar-refractivity contribution in [2.24, 2.45) is 0 Å². The van der Waals surface area contributed by atoms with Gasteiger partial charge in [-0.3, -0.25) is 0 Å². The second-order valence-electron chi connectivity index (χ2n) is 3.62. The maximum atomic E-state index is 12.4. The molecule has 0 bridgehead atoms. The van der Waals surface area contributed by atoms with Crippen LogP contribution in [0.1, 0.15) is 19.3 Å². The quantitative estimate of drug-likeness (QED) is 0.786. The molecule has 1 aliphatic heterocycles. The first kappa shape index (κ1) is 12.8. The van der Waals surface area contributed by atoms with Crippen molar-refractivity contribution in [3.63, 3.8) is 0 Å². The Morgan fingerprint density at radius 2 is 2.13 bits per heavy atom. The summed E-state index contributed by atoms with van der Waals surface area (Å²) in [5, 5.41) is 2.83. The normalized spacial score (nSPS) is 24.7. The predicted molar refractivity (Wildman–Crippen MR) is 53.2 cm³/mol. The number of rotatable bonds is 4. The van der Waals surface area contributed by atoms with Crippen molar-refractivity contribution in [2.45, 2.75) is 31.1 Å². The van der Waals surface area contributed by atoms with E-state index in [1.54, 1.807) is 7.05 Å². The Morgan fingerprint density at radius 1 is 1.47 bits per heavy atom. The Labute approximate surface area is 88.7 Å². The average Bonchev–Trinajstić information content (AvgIpc) is 2.18. The van der Waals surface area contributed by atoms with E-state index in [1.807, 2.05) is 0 Å². The largest absolute Gasteiger partial charge is 0.350 e. The van der Waals surface area contributed by atoms with E-state index in [2.05, 4.69) is 5.32 Å². The third-order valence-corrected chi connectivity index (χ3v) is 4.15. The highest BCUT2D eigenvalue weighted by Gasteiger charge is 2.37. The van der Waals surface area contributed by atoms with Gasteiger partial charge in [-0.25, -0.2) is 8.42 Å². The highest BCUT2D eigenvalue weighted by molar-refractivity contribution is 7.89. The minimum Gasteiger partial charge on any atom is -0.318 e. The first-order valence-electron chi connectivity index (χ1n) is 4.93. The van der Waals surface area contributed by atoms with E-state index in [-0.39, 0.29) is 12.6 Å². The Hall–Kier alpha value is -0.270. The number of hydrogen-bond donors (Lipinski definition) is 1. The zero-order chi connectivity index (χ0) is 11.5. The fourth-order valence-corrected chi connectivity index (χ4v) is 3.03. The summed E-state index contributed by atoms with van der Waals surface area (Å²) in [6.45, 7) is 0.630. The summed E-state index contributed by atoms with van der Waals surface area (Å²) in [6, 6.07) is -0.331. The molecular weight excluding hydrogens is 226 g/mol. The van der Waals surface area contributed by atoms with Crippen LogP contribution >= 0.6 is 0 Å². The lowest BCUT2D eigenvalue weighted by molar-refractivity contribution is 0.191. The molecule has 0 aliphatic carbocycles.